The summed E-state index contributed by atoms with van der Waals surface area (Å²) in [6.07, 6.45) is 18.6. The Hall–Kier alpha value is -1.07. The first kappa shape index (κ1) is 19.7. The number of hydrogen-bond donors (Lipinski definition) is 0. The minimum atomic E-state index is 0.00164. The van der Waals surface area contributed by atoms with Gasteiger partial charge < -0.3 is 4.90 Å². The van der Waals surface area contributed by atoms with Gasteiger partial charge in [-0.2, -0.15) is 0 Å². The second-order valence-corrected chi connectivity index (χ2v) is 10.8. The molecule has 1 aromatic rings. The lowest BCUT2D eigenvalue weighted by Gasteiger charge is -2.39. The van der Waals surface area contributed by atoms with Gasteiger partial charge in [-0.3, -0.25) is 0 Å². The smallest absolute Gasteiger partial charge is 0.0372 e. The van der Waals surface area contributed by atoms with Gasteiger partial charge in [-0.25, -0.2) is 0 Å². The van der Waals surface area contributed by atoms with Crippen molar-refractivity contribution >= 4 is 18.9 Å². The maximum Gasteiger partial charge on any atom is 0.0372 e. The van der Waals surface area contributed by atoms with Crippen molar-refractivity contribution in [2.45, 2.75) is 75.5 Å². The molecular formula is C24H36NP. The third kappa shape index (κ3) is 5.01. The first-order valence-corrected chi connectivity index (χ1v) is 12.2. The highest BCUT2D eigenvalue weighted by Crippen LogP contribution is 2.54. The Morgan fingerprint density at radius 2 is 1.23 bits per heavy atom. The van der Waals surface area contributed by atoms with Gasteiger partial charge in [0, 0.05) is 18.8 Å². The highest BCUT2D eigenvalue weighted by Gasteiger charge is 2.32. The van der Waals surface area contributed by atoms with Crippen LogP contribution in [0.3, 0.4) is 0 Å². The molecule has 0 unspecified atom stereocenters. The molecule has 2 aliphatic rings. The van der Waals surface area contributed by atoms with E-state index in [9.17, 15) is 0 Å². The lowest BCUT2D eigenvalue weighted by atomic mass is 9.99. The molecule has 2 aliphatic carbocycles. The number of nitrogens with zero attached hydrogens (tertiary/aromatic N) is 1. The molecule has 0 amide bonds. The molecule has 1 nitrogen and oxygen atoms in total. The van der Waals surface area contributed by atoms with E-state index < -0.39 is 0 Å². The predicted molar refractivity (Wildman–Crippen MR) is 119 cm³/mol. The SMILES string of the molecule is C=CCN(CC=C)c1ccc(P(C2CCCCC2)C2CCCCC2)cc1. The molecule has 0 radical (unpaired) electrons. The fraction of sp³-hybridized carbons (Fsp3) is 0.583. The summed E-state index contributed by atoms with van der Waals surface area (Å²) in [5, 5.41) is 1.67. The zero-order chi connectivity index (χ0) is 18.2. The van der Waals surface area contributed by atoms with E-state index in [4.69, 9.17) is 0 Å². The second-order valence-electron chi connectivity index (χ2n) is 7.99. The summed E-state index contributed by atoms with van der Waals surface area (Å²) in [5.74, 6) is 0. The highest BCUT2D eigenvalue weighted by molar-refractivity contribution is 7.67. The van der Waals surface area contributed by atoms with Gasteiger partial charge in [0.05, 0.1) is 0 Å². The first-order valence-electron chi connectivity index (χ1n) is 10.7. The van der Waals surface area contributed by atoms with Crippen LogP contribution < -0.4 is 10.2 Å². The summed E-state index contributed by atoms with van der Waals surface area (Å²) in [7, 11) is 0.00164. The zero-order valence-corrected chi connectivity index (χ0v) is 17.3. The Bertz CT molecular complexity index is 524. The van der Waals surface area contributed by atoms with E-state index in [-0.39, 0.29) is 7.92 Å². The summed E-state index contributed by atoms with van der Waals surface area (Å²) in [5.41, 5.74) is 3.26. The van der Waals surface area contributed by atoms with Crippen molar-refractivity contribution in [1.29, 1.82) is 0 Å². The largest absolute Gasteiger partial charge is 0.364 e. The van der Waals surface area contributed by atoms with E-state index in [0.717, 1.165) is 24.4 Å². The van der Waals surface area contributed by atoms with Crippen LogP contribution in [0.1, 0.15) is 64.2 Å². The maximum absolute atomic E-state index is 3.90. The van der Waals surface area contributed by atoms with Crippen LogP contribution in [0.25, 0.3) is 0 Å². The molecule has 2 saturated carbocycles. The van der Waals surface area contributed by atoms with Crippen LogP contribution in [-0.4, -0.2) is 24.4 Å². The van der Waals surface area contributed by atoms with Crippen LogP contribution in [0.2, 0.25) is 0 Å². The van der Waals surface area contributed by atoms with E-state index in [1.165, 1.54) is 69.9 Å². The summed E-state index contributed by atoms with van der Waals surface area (Å²) in [6, 6.07) is 9.62. The second kappa shape index (κ2) is 10.3. The fourth-order valence-electron chi connectivity index (χ4n) is 4.87. The van der Waals surface area contributed by atoms with Crippen LogP contribution in [0, 0.1) is 0 Å². The zero-order valence-electron chi connectivity index (χ0n) is 16.4. The molecular weight excluding hydrogens is 333 g/mol. The van der Waals surface area contributed by atoms with Crippen LogP contribution in [-0.2, 0) is 0 Å². The maximum atomic E-state index is 3.90. The summed E-state index contributed by atoms with van der Waals surface area (Å²) < 4.78 is 0. The Balaban J connectivity index is 1.80. The van der Waals surface area contributed by atoms with E-state index in [2.05, 4.69) is 42.3 Å². The van der Waals surface area contributed by atoms with Gasteiger partial charge in [-0.15, -0.1) is 13.2 Å². The van der Waals surface area contributed by atoms with Crippen LogP contribution in [0.5, 0.6) is 0 Å². The average molecular weight is 370 g/mol. The van der Waals surface area contributed by atoms with E-state index >= 15 is 0 Å². The van der Waals surface area contributed by atoms with Gasteiger partial charge in [0.2, 0.25) is 0 Å². The van der Waals surface area contributed by atoms with Crippen molar-refractivity contribution in [2.24, 2.45) is 0 Å². The molecule has 1 aromatic carbocycles. The molecule has 0 spiro atoms. The van der Waals surface area contributed by atoms with E-state index in [1.54, 1.807) is 5.30 Å². The Kier molecular flexibility index (Phi) is 7.81. The summed E-state index contributed by atoms with van der Waals surface area (Å²) >= 11 is 0. The lowest BCUT2D eigenvalue weighted by molar-refractivity contribution is 0.487. The summed E-state index contributed by atoms with van der Waals surface area (Å²) in [6.45, 7) is 9.57. The third-order valence-corrected chi connectivity index (χ3v) is 9.65. The minimum absolute atomic E-state index is 0.00164. The minimum Gasteiger partial charge on any atom is -0.364 e. The van der Waals surface area contributed by atoms with Crippen molar-refractivity contribution in [1.82, 2.24) is 0 Å². The van der Waals surface area contributed by atoms with Crippen molar-refractivity contribution in [3.63, 3.8) is 0 Å². The van der Waals surface area contributed by atoms with Crippen LogP contribution >= 0.6 is 7.92 Å². The molecule has 3 rings (SSSR count). The Morgan fingerprint density at radius 1 is 0.769 bits per heavy atom. The normalized spacial score (nSPS) is 19.4. The molecule has 0 aliphatic heterocycles. The molecule has 2 heteroatoms. The van der Waals surface area contributed by atoms with E-state index in [1.807, 2.05) is 12.2 Å². The van der Waals surface area contributed by atoms with Crippen molar-refractivity contribution in [3.8, 4) is 0 Å². The van der Waals surface area contributed by atoms with Gasteiger partial charge in [0.1, 0.15) is 0 Å². The Morgan fingerprint density at radius 3 is 1.65 bits per heavy atom. The standard InChI is InChI=1S/C24H36NP/c1-3-19-25(20-4-2)21-15-17-24(18-16-21)26(22-11-7-5-8-12-22)23-13-9-6-10-14-23/h3-4,15-18,22-23H,1-2,5-14,19-20H2. The van der Waals surface area contributed by atoms with E-state index in [0.29, 0.717) is 0 Å². The fourth-order valence-corrected chi connectivity index (χ4v) is 8.65. The number of hydrogen-bond acceptors (Lipinski definition) is 1. The van der Waals surface area contributed by atoms with Crippen molar-refractivity contribution in [3.05, 3.63) is 49.6 Å². The van der Waals surface area contributed by atoms with Gasteiger partial charge in [0.15, 0.2) is 0 Å². The van der Waals surface area contributed by atoms with Gasteiger partial charge in [0.25, 0.3) is 0 Å². The number of rotatable bonds is 8. The van der Waals surface area contributed by atoms with Crippen molar-refractivity contribution in [2.75, 3.05) is 18.0 Å². The van der Waals surface area contributed by atoms with Gasteiger partial charge in [-0.05, 0) is 54.4 Å². The predicted octanol–water partition coefficient (Wildman–Crippen LogP) is 6.64. The molecule has 0 N–H and O–H groups in total. The van der Waals surface area contributed by atoms with Crippen LogP contribution in [0.4, 0.5) is 5.69 Å². The number of benzene rings is 1. The van der Waals surface area contributed by atoms with Gasteiger partial charge in [-0.1, -0.05) is 70.7 Å². The molecule has 0 aromatic heterocycles. The van der Waals surface area contributed by atoms with Gasteiger partial charge >= 0.3 is 0 Å². The molecule has 26 heavy (non-hydrogen) atoms. The average Bonchev–Trinajstić information content (AvgIpc) is 2.70. The molecule has 142 valence electrons. The third-order valence-electron chi connectivity index (χ3n) is 6.15. The van der Waals surface area contributed by atoms with Crippen molar-refractivity contribution < 1.29 is 0 Å². The highest BCUT2D eigenvalue weighted by atomic mass is 31.1. The lowest BCUT2D eigenvalue weighted by Crippen LogP contribution is -2.27. The van der Waals surface area contributed by atoms with Crippen LogP contribution in [0.15, 0.2) is 49.6 Å². The molecule has 0 atom stereocenters. The molecule has 0 heterocycles. The number of anilines is 1. The molecule has 0 bridgehead atoms. The quantitative estimate of drug-likeness (QED) is 0.367. The summed E-state index contributed by atoms with van der Waals surface area (Å²) in [4.78, 5) is 2.34. The Labute approximate surface area is 162 Å². The molecule has 0 saturated heterocycles. The first-order chi connectivity index (χ1) is 12.8. The molecule has 2 fully saturated rings. The topological polar surface area (TPSA) is 3.24 Å². The monoisotopic (exact) mass is 369 g/mol.